The van der Waals surface area contributed by atoms with Crippen molar-refractivity contribution in [1.29, 1.82) is 5.41 Å². The Morgan fingerprint density at radius 1 is 1.58 bits per heavy atom. The summed E-state index contributed by atoms with van der Waals surface area (Å²) >= 11 is 0. The van der Waals surface area contributed by atoms with Gasteiger partial charge >= 0.3 is 0 Å². The highest BCUT2D eigenvalue weighted by Gasteiger charge is 2.00. The van der Waals surface area contributed by atoms with Crippen molar-refractivity contribution in [3.63, 3.8) is 0 Å². The molecule has 0 saturated heterocycles. The highest BCUT2D eigenvalue weighted by molar-refractivity contribution is 5.92. The molecule has 0 unspecified atom stereocenters. The summed E-state index contributed by atoms with van der Waals surface area (Å²) < 4.78 is 0. The van der Waals surface area contributed by atoms with Gasteiger partial charge in [0.25, 0.3) is 0 Å². The van der Waals surface area contributed by atoms with Crippen LogP contribution in [0.1, 0.15) is 12.5 Å². The van der Waals surface area contributed by atoms with Crippen LogP contribution in [0.5, 0.6) is 0 Å². The number of hydrogen-bond donors (Lipinski definition) is 3. The maximum atomic E-state index is 7.16. The van der Waals surface area contributed by atoms with E-state index in [2.05, 4.69) is 5.32 Å². The van der Waals surface area contributed by atoms with E-state index in [1.165, 1.54) is 6.21 Å². The zero-order valence-electron chi connectivity index (χ0n) is 7.09. The number of benzene rings is 1. The minimum atomic E-state index is 0.642. The second kappa shape index (κ2) is 3.76. The van der Waals surface area contributed by atoms with Gasteiger partial charge in [-0.3, -0.25) is 0 Å². The molecule has 0 aliphatic heterocycles. The fourth-order valence-corrected chi connectivity index (χ4v) is 1.09. The normalized spacial score (nSPS) is 9.42. The van der Waals surface area contributed by atoms with Crippen LogP contribution < -0.4 is 11.1 Å². The summed E-state index contributed by atoms with van der Waals surface area (Å²) in [7, 11) is 0. The van der Waals surface area contributed by atoms with Gasteiger partial charge in [0.05, 0.1) is 0 Å². The van der Waals surface area contributed by atoms with Crippen LogP contribution in [0, 0.1) is 5.41 Å². The number of nitrogens with one attached hydrogen (secondary N) is 2. The van der Waals surface area contributed by atoms with E-state index >= 15 is 0 Å². The third kappa shape index (κ3) is 1.56. The molecule has 1 aromatic rings. The van der Waals surface area contributed by atoms with Gasteiger partial charge in [0.2, 0.25) is 0 Å². The zero-order chi connectivity index (χ0) is 8.97. The lowest BCUT2D eigenvalue weighted by atomic mass is 10.1. The van der Waals surface area contributed by atoms with Crippen molar-refractivity contribution < 1.29 is 0 Å². The van der Waals surface area contributed by atoms with Crippen molar-refractivity contribution in [1.82, 2.24) is 0 Å². The molecule has 1 rings (SSSR count). The molecule has 1 aromatic carbocycles. The average molecular weight is 163 g/mol. The minimum Gasteiger partial charge on any atom is -0.398 e. The third-order valence-corrected chi connectivity index (χ3v) is 1.65. The number of anilines is 2. The second-order valence-corrected chi connectivity index (χ2v) is 2.48. The van der Waals surface area contributed by atoms with Crippen molar-refractivity contribution in [3.05, 3.63) is 23.8 Å². The summed E-state index contributed by atoms with van der Waals surface area (Å²) in [5, 5.41) is 10.3. The molecule has 0 aromatic heterocycles. The van der Waals surface area contributed by atoms with Crippen LogP contribution in [0.15, 0.2) is 18.2 Å². The Morgan fingerprint density at radius 2 is 2.33 bits per heavy atom. The van der Waals surface area contributed by atoms with Crippen LogP contribution in [0.4, 0.5) is 11.4 Å². The number of hydrogen-bond acceptors (Lipinski definition) is 3. The van der Waals surface area contributed by atoms with Gasteiger partial charge in [-0.2, -0.15) is 0 Å². The number of nitrogens with two attached hydrogens (primary N) is 1. The SMILES string of the molecule is CCNc1cccc(N)c1C=N. The van der Waals surface area contributed by atoms with Gasteiger partial charge in [0.1, 0.15) is 0 Å². The Hall–Kier alpha value is -1.51. The fourth-order valence-electron chi connectivity index (χ4n) is 1.09. The molecule has 0 bridgehead atoms. The highest BCUT2D eigenvalue weighted by Crippen LogP contribution is 2.19. The minimum absolute atomic E-state index is 0.642. The van der Waals surface area contributed by atoms with E-state index in [0.29, 0.717) is 5.69 Å². The van der Waals surface area contributed by atoms with Crippen molar-refractivity contribution in [2.24, 2.45) is 0 Å². The Kier molecular flexibility index (Phi) is 2.69. The van der Waals surface area contributed by atoms with Gasteiger partial charge in [-0.1, -0.05) is 6.07 Å². The Balaban J connectivity index is 3.09. The van der Waals surface area contributed by atoms with E-state index in [9.17, 15) is 0 Å². The fraction of sp³-hybridized carbons (Fsp3) is 0.222. The van der Waals surface area contributed by atoms with Crippen LogP contribution in [0.2, 0.25) is 0 Å². The van der Waals surface area contributed by atoms with Gasteiger partial charge in [-0.25, -0.2) is 0 Å². The predicted octanol–water partition coefficient (Wildman–Crippen LogP) is 1.70. The Bertz CT molecular complexity index is 281. The average Bonchev–Trinajstić information content (AvgIpc) is 2.05. The maximum absolute atomic E-state index is 7.16. The first kappa shape index (κ1) is 8.59. The van der Waals surface area contributed by atoms with E-state index in [-0.39, 0.29) is 0 Å². The lowest BCUT2D eigenvalue weighted by Gasteiger charge is -2.08. The molecule has 0 fully saturated rings. The molecule has 0 spiro atoms. The van der Waals surface area contributed by atoms with Crippen molar-refractivity contribution in [2.45, 2.75) is 6.92 Å². The maximum Gasteiger partial charge on any atom is 0.0450 e. The Labute approximate surface area is 72.1 Å². The summed E-state index contributed by atoms with van der Waals surface area (Å²) in [5.74, 6) is 0. The summed E-state index contributed by atoms with van der Waals surface area (Å²) in [5.41, 5.74) is 8.00. The molecular weight excluding hydrogens is 150 g/mol. The molecule has 64 valence electrons. The van der Waals surface area contributed by atoms with Crippen molar-refractivity contribution in [2.75, 3.05) is 17.6 Å². The molecule has 0 aliphatic carbocycles. The van der Waals surface area contributed by atoms with E-state index in [1.54, 1.807) is 6.07 Å². The lowest BCUT2D eigenvalue weighted by Crippen LogP contribution is -2.02. The van der Waals surface area contributed by atoms with Crippen molar-refractivity contribution in [3.8, 4) is 0 Å². The molecule has 0 heterocycles. The van der Waals surface area contributed by atoms with E-state index < -0.39 is 0 Å². The van der Waals surface area contributed by atoms with Gasteiger partial charge in [-0.05, 0) is 19.1 Å². The Morgan fingerprint density at radius 3 is 2.92 bits per heavy atom. The molecule has 0 aliphatic rings. The summed E-state index contributed by atoms with van der Waals surface area (Å²) in [4.78, 5) is 0. The van der Waals surface area contributed by atoms with Gasteiger partial charge in [0.15, 0.2) is 0 Å². The first-order valence-corrected chi connectivity index (χ1v) is 3.92. The molecule has 0 atom stereocenters. The molecule has 12 heavy (non-hydrogen) atoms. The lowest BCUT2D eigenvalue weighted by molar-refractivity contribution is 1.21. The smallest absolute Gasteiger partial charge is 0.0450 e. The van der Waals surface area contributed by atoms with E-state index in [4.69, 9.17) is 11.1 Å². The summed E-state index contributed by atoms with van der Waals surface area (Å²) in [6, 6.07) is 5.59. The summed E-state index contributed by atoms with van der Waals surface area (Å²) in [6.45, 7) is 2.85. The van der Waals surface area contributed by atoms with Crippen LogP contribution in [-0.2, 0) is 0 Å². The topological polar surface area (TPSA) is 61.9 Å². The number of rotatable bonds is 3. The van der Waals surface area contributed by atoms with Crippen LogP contribution in [0.3, 0.4) is 0 Å². The molecule has 0 radical (unpaired) electrons. The monoisotopic (exact) mass is 163 g/mol. The quantitative estimate of drug-likeness (QED) is 0.469. The first-order valence-electron chi connectivity index (χ1n) is 3.92. The molecule has 0 saturated carbocycles. The largest absolute Gasteiger partial charge is 0.398 e. The molecular formula is C9H13N3. The van der Waals surface area contributed by atoms with Gasteiger partial charge in [-0.15, -0.1) is 0 Å². The van der Waals surface area contributed by atoms with Crippen LogP contribution in [-0.4, -0.2) is 12.8 Å². The summed E-state index contributed by atoms with van der Waals surface area (Å²) in [6.07, 6.45) is 1.27. The van der Waals surface area contributed by atoms with E-state index in [1.807, 2.05) is 19.1 Å². The number of nitrogen functional groups attached to an aromatic ring is 1. The zero-order valence-corrected chi connectivity index (χ0v) is 7.09. The van der Waals surface area contributed by atoms with Crippen LogP contribution in [0.25, 0.3) is 0 Å². The second-order valence-electron chi connectivity index (χ2n) is 2.48. The standard InChI is InChI=1S/C9H13N3/c1-2-12-9-5-3-4-8(11)7(9)6-10/h3-6,10,12H,2,11H2,1H3. The van der Waals surface area contributed by atoms with E-state index in [0.717, 1.165) is 17.8 Å². The predicted molar refractivity (Wildman–Crippen MR) is 52.9 cm³/mol. The van der Waals surface area contributed by atoms with Gasteiger partial charge in [0, 0.05) is 29.7 Å². The third-order valence-electron chi connectivity index (χ3n) is 1.65. The van der Waals surface area contributed by atoms with Crippen molar-refractivity contribution >= 4 is 17.6 Å². The molecule has 0 amide bonds. The molecule has 3 heteroatoms. The highest BCUT2D eigenvalue weighted by atomic mass is 14.9. The van der Waals surface area contributed by atoms with Crippen LogP contribution >= 0.6 is 0 Å². The molecule has 4 N–H and O–H groups in total. The molecule has 3 nitrogen and oxygen atoms in total. The first-order chi connectivity index (χ1) is 5.79. The van der Waals surface area contributed by atoms with Gasteiger partial charge < -0.3 is 16.5 Å².